The van der Waals surface area contributed by atoms with Crippen LogP contribution in [0.5, 0.6) is 0 Å². The average molecular weight is 375 g/mol. The van der Waals surface area contributed by atoms with E-state index >= 15 is 0 Å². The second-order valence-corrected chi connectivity index (χ2v) is 7.55. The number of thiophene rings is 1. The maximum Gasteiger partial charge on any atom is 0.129 e. The van der Waals surface area contributed by atoms with Crippen LogP contribution in [0.4, 0.5) is 0 Å². The normalized spacial score (nSPS) is 13.9. The fraction of sp³-hybridized carbons (Fsp3) is 0.211. The van der Waals surface area contributed by atoms with Gasteiger partial charge in [-0.15, -0.1) is 35.5 Å². The Kier molecular flexibility index (Phi) is 5.82. The topological polar surface area (TPSA) is 24.4 Å². The third kappa shape index (κ3) is 3.61. The van der Waals surface area contributed by atoms with Gasteiger partial charge in [0.2, 0.25) is 0 Å². The molecule has 124 valence electrons. The summed E-state index contributed by atoms with van der Waals surface area (Å²) in [7, 11) is 0. The molecule has 2 heterocycles. The Bertz CT molecular complexity index is 852. The van der Waals surface area contributed by atoms with E-state index in [1.165, 1.54) is 26.1 Å². The summed E-state index contributed by atoms with van der Waals surface area (Å²) in [6, 6.07) is 17.3. The van der Waals surface area contributed by atoms with Crippen LogP contribution in [0.1, 0.15) is 16.9 Å². The Morgan fingerprint density at radius 1 is 1.08 bits per heavy atom. The van der Waals surface area contributed by atoms with Crippen molar-refractivity contribution in [3.63, 3.8) is 0 Å². The van der Waals surface area contributed by atoms with Crippen LogP contribution in [-0.4, -0.2) is 18.9 Å². The van der Waals surface area contributed by atoms with Crippen LogP contribution in [0.25, 0.3) is 10.8 Å². The number of nitrogens with zero attached hydrogens (tertiary/aromatic N) is 1. The summed E-state index contributed by atoms with van der Waals surface area (Å²) in [5, 5.41) is 8.26. The highest BCUT2D eigenvalue weighted by Gasteiger charge is 2.13. The van der Waals surface area contributed by atoms with Gasteiger partial charge in [0.05, 0.1) is 0 Å². The van der Waals surface area contributed by atoms with Crippen LogP contribution >= 0.6 is 35.5 Å². The molecule has 1 aliphatic rings. The molecule has 4 rings (SSSR count). The second-order valence-electron chi connectivity index (χ2n) is 5.53. The predicted molar refractivity (Wildman–Crippen MR) is 109 cm³/mol. The third-order valence-electron chi connectivity index (χ3n) is 4.01. The molecular formula is C19H19ClN2S2. The van der Waals surface area contributed by atoms with E-state index in [0.717, 1.165) is 31.1 Å². The highest BCUT2D eigenvalue weighted by molar-refractivity contribution is 7.98. The number of fused-ring (bicyclic) bond motifs is 1. The zero-order valence-corrected chi connectivity index (χ0v) is 15.6. The Morgan fingerprint density at radius 2 is 1.96 bits per heavy atom. The minimum atomic E-state index is 0. The number of hydrogen-bond acceptors (Lipinski definition) is 4. The van der Waals surface area contributed by atoms with Crippen LogP contribution in [0, 0.1) is 0 Å². The number of hydrogen-bond donors (Lipinski definition) is 1. The zero-order valence-electron chi connectivity index (χ0n) is 13.2. The summed E-state index contributed by atoms with van der Waals surface area (Å²) in [5.41, 5.74) is 1.28. The van der Waals surface area contributed by atoms with Crippen LogP contribution in [0.2, 0.25) is 0 Å². The summed E-state index contributed by atoms with van der Waals surface area (Å²) in [4.78, 5) is 7.39. The summed E-state index contributed by atoms with van der Waals surface area (Å²) < 4.78 is 0. The van der Waals surface area contributed by atoms with Gasteiger partial charge in [-0.3, -0.25) is 4.99 Å². The van der Waals surface area contributed by atoms with Crippen molar-refractivity contribution >= 4 is 52.1 Å². The van der Waals surface area contributed by atoms with Crippen LogP contribution < -0.4 is 5.32 Å². The number of thioether (sulfide) groups is 1. The lowest BCUT2D eigenvalue weighted by Gasteiger charge is -2.15. The van der Waals surface area contributed by atoms with Crippen LogP contribution in [-0.2, 0) is 5.75 Å². The van der Waals surface area contributed by atoms with E-state index in [9.17, 15) is 0 Å². The number of benzene rings is 2. The molecule has 2 aromatic carbocycles. The molecule has 2 nitrogen and oxygen atoms in total. The third-order valence-corrected chi connectivity index (χ3v) is 6.21. The lowest BCUT2D eigenvalue weighted by Crippen LogP contribution is -2.30. The number of rotatable bonds is 4. The molecule has 0 atom stereocenters. The summed E-state index contributed by atoms with van der Waals surface area (Å²) in [6.07, 6.45) is 1.13. The molecule has 0 amide bonds. The van der Waals surface area contributed by atoms with E-state index < -0.39 is 0 Å². The Balaban J connectivity index is 0.00000169. The van der Waals surface area contributed by atoms with Crippen molar-refractivity contribution in [1.29, 1.82) is 0 Å². The molecule has 5 heteroatoms. The first kappa shape index (κ1) is 17.3. The van der Waals surface area contributed by atoms with Gasteiger partial charge < -0.3 is 5.32 Å². The van der Waals surface area contributed by atoms with E-state index in [2.05, 4.69) is 64.2 Å². The Labute approximate surface area is 156 Å². The van der Waals surface area contributed by atoms with Crippen molar-refractivity contribution in [2.24, 2.45) is 4.99 Å². The van der Waals surface area contributed by atoms with Crippen molar-refractivity contribution < 1.29 is 0 Å². The quantitative estimate of drug-likeness (QED) is 0.622. The van der Waals surface area contributed by atoms with Gasteiger partial charge in [0.1, 0.15) is 5.84 Å². The molecule has 0 unspecified atom stereocenters. The van der Waals surface area contributed by atoms with Gasteiger partial charge in [-0.05, 0) is 34.7 Å². The molecule has 0 saturated carbocycles. The molecule has 0 spiro atoms. The Hall–Kier alpha value is -1.49. The number of amidine groups is 1. The first-order valence-corrected chi connectivity index (χ1v) is 9.74. The van der Waals surface area contributed by atoms with E-state index in [0.29, 0.717) is 0 Å². The lowest BCUT2D eigenvalue weighted by molar-refractivity contribution is 0.742. The molecule has 0 bridgehead atoms. The fourth-order valence-electron chi connectivity index (χ4n) is 2.84. The van der Waals surface area contributed by atoms with E-state index in [4.69, 9.17) is 0 Å². The van der Waals surface area contributed by atoms with Crippen molar-refractivity contribution in [2.45, 2.75) is 17.1 Å². The van der Waals surface area contributed by atoms with Gasteiger partial charge in [0.25, 0.3) is 0 Å². The van der Waals surface area contributed by atoms with Crippen molar-refractivity contribution in [2.75, 3.05) is 13.1 Å². The highest BCUT2D eigenvalue weighted by Crippen LogP contribution is 2.32. The van der Waals surface area contributed by atoms with Gasteiger partial charge in [-0.2, -0.15) is 0 Å². The molecular weight excluding hydrogens is 356 g/mol. The van der Waals surface area contributed by atoms with Crippen molar-refractivity contribution in [3.05, 3.63) is 64.4 Å². The van der Waals surface area contributed by atoms with Gasteiger partial charge >= 0.3 is 0 Å². The van der Waals surface area contributed by atoms with Gasteiger partial charge in [-0.25, -0.2) is 0 Å². The van der Waals surface area contributed by atoms with E-state index in [1.807, 2.05) is 23.1 Å². The predicted octanol–water partition coefficient (Wildman–Crippen LogP) is 5.36. The molecule has 0 fully saturated rings. The smallest absolute Gasteiger partial charge is 0.129 e. The molecule has 0 radical (unpaired) electrons. The average Bonchev–Trinajstić information content (AvgIpc) is 3.09. The second kappa shape index (κ2) is 8.06. The van der Waals surface area contributed by atoms with E-state index in [1.54, 1.807) is 0 Å². The fourth-order valence-corrected chi connectivity index (χ4v) is 4.91. The summed E-state index contributed by atoms with van der Waals surface area (Å²) in [6.45, 7) is 1.97. The molecule has 0 aliphatic carbocycles. The van der Waals surface area contributed by atoms with Crippen LogP contribution in [0.15, 0.2) is 63.8 Å². The Morgan fingerprint density at radius 3 is 2.83 bits per heavy atom. The molecule has 1 aliphatic heterocycles. The van der Waals surface area contributed by atoms with Crippen molar-refractivity contribution in [1.82, 2.24) is 5.32 Å². The largest absolute Gasteiger partial charge is 0.370 e. The molecule has 1 aromatic heterocycles. The van der Waals surface area contributed by atoms with Gasteiger partial charge in [0, 0.05) is 34.2 Å². The van der Waals surface area contributed by atoms with Gasteiger partial charge in [-0.1, -0.05) is 36.4 Å². The van der Waals surface area contributed by atoms with Gasteiger partial charge in [0.15, 0.2) is 0 Å². The monoisotopic (exact) mass is 374 g/mol. The molecule has 1 N–H and O–H groups in total. The van der Waals surface area contributed by atoms with E-state index in [-0.39, 0.29) is 12.4 Å². The number of nitrogens with one attached hydrogen (secondary N) is 1. The molecule has 3 aromatic rings. The highest BCUT2D eigenvalue weighted by atomic mass is 35.5. The minimum absolute atomic E-state index is 0. The lowest BCUT2D eigenvalue weighted by atomic mass is 10.1. The maximum absolute atomic E-state index is 4.64. The summed E-state index contributed by atoms with van der Waals surface area (Å²) >= 11 is 3.74. The first-order chi connectivity index (χ1) is 11.4. The summed E-state index contributed by atoms with van der Waals surface area (Å²) in [5.74, 6) is 2.06. The SMILES string of the molecule is Cl.c1ccc2c(SCc3sccc3C3=NCCCN3)cccc2c1. The number of halogens is 1. The molecule has 24 heavy (non-hydrogen) atoms. The maximum atomic E-state index is 4.64. The zero-order chi connectivity index (χ0) is 15.5. The minimum Gasteiger partial charge on any atom is -0.370 e. The standard InChI is InChI=1S/C19H18N2S2.ClH/c1-2-7-15-14(5-1)6-3-8-17(15)23-13-18-16(9-12-22-18)19-20-10-4-11-21-19;/h1-3,5-9,12H,4,10-11,13H2,(H,20,21);1H. The number of aliphatic imine (C=N–C) groups is 1. The van der Waals surface area contributed by atoms with Crippen LogP contribution in [0.3, 0.4) is 0 Å². The van der Waals surface area contributed by atoms with Crippen molar-refractivity contribution in [3.8, 4) is 0 Å². The molecule has 0 saturated heterocycles. The first-order valence-electron chi connectivity index (χ1n) is 7.87.